The molecule has 3 amide bonds. The van der Waals surface area contributed by atoms with E-state index in [9.17, 15) is 9.59 Å². The topological polar surface area (TPSA) is 62.3 Å². The number of thiazole rings is 1. The van der Waals surface area contributed by atoms with Crippen molar-refractivity contribution in [1.29, 1.82) is 0 Å². The molecule has 1 atom stereocenters. The lowest BCUT2D eigenvalue weighted by molar-refractivity contribution is -0.131. The monoisotopic (exact) mass is 385 g/mol. The van der Waals surface area contributed by atoms with Gasteiger partial charge in [-0.25, -0.2) is 9.78 Å². The maximum Gasteiger partial charge on any atom is 0.325 e. The number of hydrogen-bond acceptors (Lipinski definition) is 4. The Hall–Kier alpha value is -2.21. The molecule has 2 heterocycles. The normalized spacial score (nSPS) is 20.3. The molecule has 5 nitrogen and oxygen atoms in total. The van der Waals surface area contributed by atoms with Crippen LogP contribution in [0.3, 0.4) is 0 Å². The minimum Gasteiger partial charge on any atom is -0.319 e. The maximum absolute atomic E-state index is 13.1. The van der Waals surface area contributed by atoms with Crippen LogP contribution in [0.25, 0.3) is 0 Å². The highest BCUT2D eigenvalue weighted by Gasteiger charge is 2.49. The standard InChI is InChI=1S/C21H27N3O2S/c1-6-7-17-22-16(13-27-17)12-24-18(25)21(5,23-19(24)26)15-10-8-14(9-11-15)20(2,3)4/h8-11,13H,6-7,12H2,1-5H3,(H,23,26). The summed E-state index contributed by atoms with van der Waals surface area (Å²) < 4.78 is 0. The number of carbonyl (C=O) groups is 2. The van der Waals surface area contributed by atoms with Crippen LogP contribution in [0, 0.1) is 0 Å². The molecule has 2 aromatic rings. The van der Waals surface area contributed by atoms with Crippen molar-refractivity contribution < 1.29 is 9.59 Å². The van der Waals surface area contributed by atoms with Gasteiger partial charge in [0.05, 0.1) is 17.2 Å². The lowest BCUT2D eigenvalue weighted by atomic mass is 9.84. The molecular weight excluding hydrogens is 358 g/mol. The second-order valence-corrected chi connectivity index (χ2v) is 9.20. The number of urea groups is 1. The fourth-order valence-corrected chi connectivity index (χ4v) is 4.14. The van der Waals surface area contributed by atoms with Gasteiger partial charge >= 0.3 is 6.03 Å². The minimum atomic E-state index is -1.05. The number of benzene rings is 1. The van der Waals surface area contributed by atoms with Crippen LogP contribution in [0.15, 0.2) is 29.6 Å². The molecule has 0 radical (unpaired) electrons. The molecule has 0 spiro atoms. The van der Waals surface area contributed by atoms with Crippen LogP contribution in [-0.2, 0) is 28.7 Å². The van der Waals surface area contributed by atoms with E-state index >= 15 is 0 Å². The smallest absolute Gasteiger partial charge is 0.319 e. The second kappa shape index (κ2) is 7.08. The molecule has 144 valence electrons. The van der Waals surface area contributed by atoms with Crippen molar-refractivity contribution in [2.75, 3.05) is 0 Å². The summed E-state index contributed by atoms with van der Waals surface area (Å²) in [5.74, 6) is -0.235. The molecule has 6 heteroatoms. The van der Waals surface area contributed by atoms with Gasteiger partial charge in [-0.05, 0) is 36.3 Å². The van der Waals surface area contributed by atoms with Gasteiger partial charge in [-0.15, -0.1) is 11.3 Å². The molecule has 1 aliphatic rings. The van der Waals surface area contributed by atoms with E-state index in [0.29, 0.717) is 0 Å². The average molecular weight is 386 g/mol. The molecule has 1 fully saturated rings. The summed E-state index contributed by atoms with van der Waals surface area (Å²) in [6.07, 6.45) is 1.95. The largest absolute Gasteiger partial charge is 0.325 e. The van der Waals surface area contributed by atoms with Gasteiger partial charge in [0, 0.05) is 5.38 Å². The van der Waals surface area contributed by atoms with Crippen molar-refractivity contribution in [3.63, 3.8) is 0 Å². The van der Waals surface area contributed by atoms with E-state index < -0.39 is 5.54 Å². The van der Waals surface area contributed by atoms with Gasteiger partial charge in [0.25, 0.3) is 5.91 Å². The summed E-state index contributed by atoms with van der Waals surface area (Å²) >= 11 is 1.58. The Morgan fingerprint density at radius 3 is 2.44 bits per heavy atom. The highest BCUT2D eigenvalue weighted by atomic mass is 32.1. The van der Waals surface area contributed by atoms with Crippen LogP contribution in [-0.4, -0.2) is 21.8 Å². The Balaban J connectivity index is 1.81. The van der Waals surface area contributed by atoms with E-state index in [1.165, 1.54) is 10.5 Å². The number of amides is 3. The van der Waals surface area contributed by atoms with Gasteiger partial charge in [-0.1, -0.05) is 52.0 Å². The van der Waals surface area contributed by atoms with Crippen molar-refractivity contribution in [3.05, 3.63) is 51.5 Å². The van der Waals surface area contributed by atoms with Gasteiger partial charge in [0.2, 0.25) is 0 Å². The third-order valence-corrected chi connectivity index (χ3v) is 5.94. The predicted octanol–water partition coefficient (Wildman–Crippen LogP) is 4.36. The number of aromatic nitrogens is 1. The summed E-state index contributed by atoms with van der Waals surface area (Å²) in [7, 11) is 0. The SMILES string of the molecule is CCCc1nc(CN2C(=O)NC(C)(c3ccc(C(C)(C)C)cc3)C2=O)cs1. The van der Waals surface area contributed by atoms with E-state index in [2.05, 4.69) is 38.0 Å². The van der Waals surface area contributed by atoms with Gasteiger partial charge in [-0.3, -0.25) is 9.69 Å². The fraction of sp³-hybridized carbons (Fsp3) is 0.476. The Bertz CT molecular complexity index is 851. The third kappa shape index (κ3) is 3.76. The predicted molar refractivity (Wildman–Crippen MR) is 108 cm³/mol. The number of carbonyl (C=O) groups excluding carboxylic acids is 2. The first-order valence-electron chi connectivity index (χ1n) is 9.33. The molecular formula is C21H27N3O2S. The minimum absolute atomic E-state index is 0.0369. The van der Waals surface area contributed by atoms with Crippen LogP contribution in [0.4, 0.5) is 4.79 Å². The molecule has 1 aromatic carbocycles. The lowest BCUT2D eigenvalue weighted by Gasteiger charge is -2.24. The molecule has 3 rings (SSSR count). The summed E-state index contributed by atoms with van der Waals surface area (Å²) in [6, 6.07) is 7.56. The number of nitrogens with one attached hydrogen (secondary N) is 1. The quantitative estimate of drug-likeness (QED) is 0.778. The molecule has 1 saturated heterocycles. The maximum atomic E-state index is 13.1. The summed E-state index contributed by atoms with van der Waals surface area (Å²) in [6.45, 7) is 10.5. The van der Waals surface area contributed by atoms with Gasteiger partial charge in [0.1, 0.15) is 5.54 Å². The van der Waals surface area contributed by atoms with Gasteiger partial charge < -0.3 is 5.32 Å². The van der Waals surface area contributed by atoms with E-state index in [4.69, 9.17) is 0 Å². The molecule has 27 heavy (non-hydrogen) atoms. The molecule has 0 saturated carbocycles. The van der Waals surface area contributed by atoms with E-state index in [1.807, 2.05) is 29.6 Å². The lowest BCUT2D eigenvalue weighted by Crippen LogP contribution is -2.40. The van der Waals surface area contributed by atoms with E-state index in [-0.39, 0.29) is 23.9 Å². The van der Waals surface area contributed by atoms with Crippen LogP contribution in [0.1, 0.15) is 62.9 Å². The van der Waals surface area contributed by atoms with Crippen molar-refractivity contribution in [3.8, 4) is 0 Å². The zero-order valence-electron chi connectivity index (χ0n) is 16.6. The fourth-order valence-electron chi connectivity index (χ4n) is 3.25. The average Bonchev–Trinajstić information content (AvgIpc) is 3.13. The molecule has 1 unspecified atom stereocenters. The first kappa shape index (κ1) is 19.5. The summed E-state index contributed by atoms with van der Waals surface area (Å²) in [4.78, 5) is 31.4. The Labute approximate surface area is 164 Å². The van der Waals surface area contributed by atoms with Crippen molar-refractivity contribution in [2.24, 2.45) is 0 Å². The Morgan fingerprint density at radius 1 is 1.19 bits per heavy atom. The first-order valence-corrected chi connectivity index (χ1v) is 10.2. The molecule has 1 aliphatic heterocycles. The van der Waals surface area contributed by atoms with Crippen molar-refractivity contribution >= 4 is 23.3 Å². The van der Waals surface area contributed by atoms with Crippen LogP contribution >= 0.6 is 11.3 Å². The number of hydrogen-bond donors (Lipinski definition) is 1. The van der Waals surface area contributed by atoms with Crippen LogP contribution < -0.4 is 5.32 Å². The zero-order chi connectivity index (χ0) is 19.8. The number of imide groups is 1. The third-order valence-electron chi connectivity index (χ3n) is 4.99. The van der Waals surface area contributed by atoms with Crippen molar-refractivity contribution in [2.45, 2.75) is 65.0 Å². The molecule has 1 N–H and O–H groups in total. The summed E-state index contributed by atoms with van der Waals surface area (Å²) in [5, 5.41) is 5.84. The molecule has 0 bridgehead atoms. The van der Waals surface area contributed by atoms with Crippen LogP contribution in [0.5, 0.6) is 0 Å². The van der Waals surface area contributed by atoms with Crippen LogP contribution in [0.2, 0.25) is 0 Å². The zero-order valence-corrected chi connectivity index (χ0v) is 17.4. The van der Waals surface area contributed by atoms with E-state index in [1.54, 1.807) is 18.3 Å². The highest BCUT2D eigenvalue weighted by Crippen LogP contribution is 2.32. The highest BCUT2D eigenvalue weighted by molar-refractivity contribution is 7.09. The second-order valence-electron chi connectivity index (χ2n) is 8.26. The Kier molecular flexibility index (Phi) is 5.12. The van der Waals surface area contributed by atoms with Gasteiger partial charge in [0.15, 0.2) is 0 Å². The van der Waals surface area contributed by atoms with E-state index in [0.717, 1.165) is 29.1 Å². The number of rotatable bonds is 5. The number of nitrogens with zero attached hydrogens (tertiary/aromatic N) is 2. The van der Waals surface area contributed by atoms with Crippen molar-refractivity contribution in [1.82, 2.24) is 15.2 Å². The Morgan fingerprint density at radius 2 is 1.85 bits per heavy atom. The summed E-state index contributed by atoms with van der Waals surface area (Å²) in [5.41, 5.74) is 1.74. The molecule has 0 aliphatic carbocycles. The first-order chi connectivity index (χ1) is 12.6. The molecule has 1 aromatic heterocycles. The van der Waals surface area contributed by atoms with Gasteiger partial charge in [-0.2, -0.15) is 0 Å². The number of aryl methyl sites for hydroxylation is 1.